The predicted octanol–water partition coefficient (Wildman–Crippen LogP) is 1.24. The Kier molecular flexibility index (Phi) is 5.77. The number of methoxy groups -OCH3 is 2. The van der Waals surface area contributed by atoms with Gasteiger partial charge in [-0.15, -0.1) is 0 Å². The van der Waals surface area contributed by atoms with E-state index in [1.165, 1.54) is 0 Å². The molecule has 0 radical (unpaired) electrons. The molecule has 2 atom stereocenters. The second kappa shape index (κ2) is 6.30. The average molecular weight is 231 g/mol. The molecule has 0 aliphatic rings. The molecule has 0 bridgehead atoms. The van der Waals surface area contributed by atoms with Gasteiger partial charge in [0.2, 0.25) is 0 Å². The lowest BCUT2D eigenvalue weighted by Gasteiger charge is -2.18. The smallest absolute Gasteiger partial charge is 0.124 e. The summed E-state index contributed by atoms with van der Waals surface area (Å²) >= 11 is 0. The van der Waals surface area contributed by atoms with E-state index >= 15 is 0 Å². The first-order valence-electron chi connectivity index (χ1n) is 4.75. The van der Waals surface area contributed by atoms with E-state index in [4.69, 9.17) is 15.2 Å². The Hall–Kier alpha value is -1.33. The Morgan fingerprint density at radius 2 is 1.88 bits per heavy atom. The maximum Gasteiger partial charge on any atom is 0.124 e. The number of rotatable bonds is 4. The number of halogens is 1. The second-order valence-corrected chi connectivity index (χ2v) is 3.41. The van der Waals surface area contributed by atoms with Gasteiger partial charge in [-0.1, -0.05) is 0 Å². The third-order valence-corrected chi connectivity index (χ3v) is 2.25. The molecule has 0 saturated heterocycles. The van der Waals surface area contributed by atoms with E-state index in [2.05, 4.69) is 0 Å². The van der Waals surface area contributed by atoms with Crippen LogP contribution in [-0.2, 0) is 0 Å². The van der Waals surface area contributed by atoms with Crippen molar-refractivity contribution >= 4 is 0 Å². The van der Waals surface area contributed by atoms with Gasteiger partial charge in [0.15, 0.2) is 0 Å². The minimum atomic E-state index is -0.755. The van der Waals surface area contributed by atoms with Crippen LogP contribution in [0.4, 0.5) is 4.70 Å². The van der Waals surface area contributed by atoms with E-state index in [9.17, 15) is 5.11 Å². The van der Waals surface area contributed by atoms with E-state index in [-0.39, 0.29) is 10.7 Å². The Balaban J connectivity index is 0.00000225. The largest absolute Gasteiger partial charge is 0.497 e. The SMILES string of the molecule is COc1ccc(OC)c(C(O)C(C)N)c1.F. The molecule has 16 heavy (non-hydrogen) atoms. The molecule has 0 heterocycles. The Morgan fingerprint density at radius 3 is 2.31 bits per heavy atom. The number of hydrogen-bond acceptors (Lipinski definition) is 4. The maximum atomic E-state index is 9.87. The fourth-order valence-corrected chi connectivity index (χ4v) is 1.35. The lowest BCUT2D eigenvalue weighted by atomic mass is 10.0. The Bertz CT molecular complexity index is 331. The minimum Gasteiger partial charge on any atom is -0.497 e. The van der Waals surface area contributed by atoms with E-state index in [1.807, 2.05) is 0 Å². The van der Waals surface area contributed by atoms with Crippen molar-refractivity contribution in [3.8, 4) is 11.5 Å². The first kappa shape index (κ1) is 14.7. The van der Waals surface area contributed by atoms with Crippen LogP contribution in [0.1, 0.15) is 18.6 Å². The van der Waals surface area contributed by atoms with Gasteiger partial charge < -0.3 is 20.3 Å². The van der Waals surface area contributed by atoms with Crippen molar-refractivity contribution in [1.29, 1.82) is 0 Å². The molecule has 1 rings (SSSR count). The topological polar surface area (TPSA) is 64.7 Å². The summed E-state index contributed by atoms with van der Waals surface area (Å²) in [7, 11) is 3.13. The zero-order valence-electron chi connectivity index (χ0n) is 9.64. The van der Waals surface area contributed by atoms with Crippen LogP contribution in [0.2, 0.25) is 0 Å². The van der Waals surface area contributed by atoms with Crippen molar-refractivity contribution in [2.45, 2.75) is 19.1 Å². The molecular weight excluding hydrogens is 213 g/mol. The van der Waals surface area contributed by atoms with Gasteiger partial charge >= 0.3 is 0 Å². The summed E-state index contributed by atoms with van der Waals surface area (Å²) in [5, 5.41) is 9.87. The van der Waals surface area contributed by atoms with Crippen LogP contribution in [0.3, 0.4) is 0 Å². The molecule has 1 aromatic rings. The monoisotopic (exact) mass is 231 g/mol. The van der Waals surface area contributed by atoms with Gasteiger partial charge in [-0.05, 0) is 25.1 Å². The molecule has 92 valence electrons. The van der Waals surface area contributed by atoms with Crippen LogP contribution in [0, 0.1) is 0 Å². The molecule has 0 amide bonds. The van der Waals surface area contributed by atoms with E-state index in [0.29, 0.717) is 17.1 Å². The first-order valence-corrected chi connectivity index (χ1v) is 4.75. The quantitative estimate of drug-likeness (QED) is 0.818. The lowest BCUT2D eigenvalue weighted by Crippen LogP contribution is -2.24. The molecule has 0 fully saturated rings. The molecule has 1 aromatic carbocycles. The number of aliphatic hydroxyl groups excluding tert-OH is 1. The highest BCUT2D eigenvalue weighted by Gasteiger charge is 2.17. The van der Waals surface area contributed by atoms with Gasteiger partial charge in [0.05, 0.1) is 20.3 Å². The summed E-state index contributed by atoms with van der Waals surface area (Å²) < 4.78 is 10.2. The lowest BCUT2D eigenvalue weighted by molar-refractivity contribution is 0.149. The summed E-state index contributed by atoms with van der Waals surface area (Å²) in [6.45, 7) is 1.74. The van der Waals surface area contributed by atoms with Crippen molar-refractivity contribution in [2.24, 2.45) is 5.73 Å². The Labute approximate surface area is 94.3 Å². The Morgan fingerprint density at radius 1 is 1.25 bits per heavy atom. The summed E-state index contributed by atoms with van der Waals surface area (Å²) in [4.78, 5) is 0. The normalized spacial score (nSPS) is 13.6. The van der Waals surface area contributed by atoms with Crippen molar-refractivity contribution in [3.05, 3.63) is 23.8 Å². The standard InChI is InChI=1S/C11H17NO3.FH/c1-7(12)11(13)9-6-8(14-2)4-5-10(9)15-3;/h4-7,11,13H,12H2,1-3H3;1H. The van der Waals surface area contributed by atoms with Crippen LogP contribution in [0.25, 0.3) is 0 Å². The fourth-order valence-electron chi connectivity index (χ4n) is 1.35. The van der Waals surface area contributed by atoms with E-state index in [0.717, 1.165) is 0 Å². The summed E-state index contributed by atoms with van der Waals surface area (Å²) in [5.41, 5.74) is 6.28. The molecule has 0 aliphatic heterocycles. The van der Waals surface area contributed by atoms with E-state index < -0.39 is 6.10 Å². The maximum absolute atomic E-state index is 9.87. The molecule has 3 N–H and O–H groups in total. The van der Waals surface area contributed by atoms with Crippen LogP contribution in [0.5, 0.6) is 11.5 Å². The van der Waals surface area contributed by atoms with Crippen molar-refractivity contribution in [2.75, 3.05) is 14.2 Å². The highest BCUT2D eigenvalue weighted by Crippen LogP contribution is 2.30. The minimum absolute atomic E-state index is 0. The zero-order chi connectivity index (χ0) is 11.4. The zero-order valence-corrected chi connectivity index (χ0v) is 9.64. The summed E-state index contributed by atoms with van der Waals surface area (Å²) in [5.74, 6) is 1.28. The number of benzene rings is 1. The van der Waals surface area contributed by atoms with Gasteiger partial charge in [0, 0.05) is 11.6 Å². The molecular formula is C11H18FNO3. The third-order valence-electron chi connectivity index (χ3n) is 2.25. The third kappa shape index (κ3) is 3.08. The van der Waals surface area contributed by atoms with Gasteiger partial charge in [0.25, 0.3) is 0 Å². The number of ether oxygens (including phenoxy) is 2. The van der Waals surface area contributed by atoms with Crippen LogP contribution >= 0.6 is 0 Å². The van der Waals surface area contributed by atoms with E-state index in [1.54, 1.807) is 39.3 Å². The first-order chi connectivity index (χ1) is 7.10. The van der Waals surface area contributed by atoms with Crippen molar-refractivity contribution < 1.29 is 19.3 Å². The molecule has 0 aromatic heterocycles. The van der Waals surface area contributed by atoms with Crippen LogP contribution in [0.15, 0.2) is 18.2 Å². The van der Waals surface area contributed by atoms with Crippen molar-refractivity contribution in [3.63, 3.8) is 0 Å². The van der Waals surface area contributed by atoms with Crippen molar-refractivity contribution in [1.82, 2.24) is 0 Å². The van der Waals surface area contributed by atoms with Crippen LogP contribution in [-0.4, -0.2) is 25.4 Å². The number of hydrogen-bond donors (Lipinski definition) is 2. The molecule has 4 nitrogen and oxygen atoms in total. The van der Waals surface area contributed by atoms with Gasteiger partial charge in [-0.25, -0.2) is 0 Å². The van der Waals surface area contributed by atoms with Gasteiger partial charge in [-0.3, -0.25) is 4.70 Å². The number of nitrogens with two attached hydrogens (primary N) is 1. The molecule has 5 heteroatoms. The summed E-state index contributed by atoms with van der Waals surface area (Å²) in [6.07, 6.45) is -0.755. The predicted molar refractivity (Wildman–Crippen MR) is 60.7 cm³/mol. The summed E-state index contributed by atoms with van der Waals surface area (Å²) in [6, 6.07) is 4.90. The molecule has 2 unspecified atom stereocenters. The highest BCUT2D eigenvalue weighted by atomic mass is 19.0. The molecule has 0 aliphatic carbocycles. The fraction of sp³-hybridized carbons (Fsp3) is 0.455. The van der Waals surface area contributed by atoms with Crippen LogP contribution < -0.4 is 15.2 Å². The highest BCUT2D eigenvalue weighted by molar-refractivity contribution is 5.42. The second-order valence-electron chi connectivity index (χ2n) is 3.41. The van der Waals surface area contributed by atoms with Gasteiger partial charge in [0.1, 0.15) is 11.5 Å². The number of aliphatic hydroxyl groups is 1. The van der Waals surface area contributed by atoms with Gasteiger partial charge in [-0.2, -0.15) is 0 Å². The molecule has 0 saturated carbocycles. The average Bonchev–Trinajstić information content (AvgIpc) is 2.27. The molecule has 0 spiro atoms.